The van der Waals surface area contributed by atoms with Crippen molar-refractivity contribution in [3.8, 4) is 11.4 Å². The third-order valence-electron chi connectivity index (χ3n) is 4.48. The Hall–Kier alpha value is -3.38. The topological polar surface area (TPSA) is 80.0 Å². The Morgan fingerprint density at radius 3 is 2.54 bits per heavy atom. The number of rotatable bonds is 3. The molecule has 0 fully saturated rings. The van der Waals surface area contributed by atoms with Gasteiger partial charge in [0.15, 0.2) is 5.65 Å². The zero-order valence-corrected chi connectivity index (χ0v) is 16.0. The largest absolute Gasteiger partial charge is 0.506 e. The van der Waals surface area contributed by atoms with E-state index in [1.165, 1.54) is 12.3 Å². The molecule has 2 aromatic carbocycles. The summed E-state index contributed by atoms with van der Waals surface area (Å²) in [7, 11) is 0. The van der Waals surface area contributed by atoms with Crippen LogP contribution in [0.3, 0.4) is 0 Å². The number of nitrogens with zero attached hydrogens (tertiary/aromatic N) is 3. The molecule has 2 aromatic heterocycles. The van der Waals surface area contributed by atoms with Gasteiger partial charge in [0.2, 0.25) is 0 Å². The molecule has 0 aliphatic heterocycles. The van der Waals surface area contributed by atoms with E-state index < -0.39 is 5.91 Å². The van der Waals surface area contributed by atoms with Crippen molar-refractivity contribution in [1.82, 2.24) is 14.8 Å². The highest BCUT2D eigenvalue weighted by Gasteiger charge is 2.20. The molecule has 4 aromatic rings. The second-order valence-electron chi connectivity index (χ2n) is 6.49. The highest BCUT2D eigenvalue weighted by Crippen LogP contribution is 2.31. The van der Waals surface area contributed by atoms with Crippen LogP contribution in [0.4, 0.5) is 5.69 Å². The van der Waals surface area contributed by atoms with Crippen LogP contribution in [0.15, 0.2) is 54.7 Å². The number of phenolic OH excluding ortho intramolecular Hbond substituents is 1. The molecule has 7 heteroatoms. The van der Waals surface area contributed by atoms with Gasteiger partial charge in [0.1, 0.15) is 5.75 Å². The number of para-hydroxylation sites is 2. The molecule has 6 nitrogen and oxygen atoms in total. The number of aromatic hydroxyl groups is 1. The number of benzene rings is 2. The first-order chi connectivity index (χ1) is 13.5. The van der Waals surface area contributed by atoms with Gasteiger partial charge >= 0.3 is 0 Å². The number of pyridine rings is 1. The summed E-state index contributed by atoms with van der Waals surface area (Å²) in [5.74, 6) is -0.479. The molecule has 0 unspecified atom stereocenters. The number of phenols is 1. The first kappa shape index (κ1) is 18.0. The highest BCUT2D eigenvalue weighted by atomic mass is 35.5. The third kappa shape index (κ3) is 3.08. The average Bonchev–Trinajstić information content (AvgIpc) is 3.02. The molecule has 2 N–H and O–H groups in total. The van der Waals surface area contributed by atoms with E-state index in [2.05, 4.69) is 15.4 Å². The van der Waals surface area contributed by atoms with Crippen molar-refractivity contribution >= 4 is 34.2 Å². The van der Waals surface area contributed by atoms with Gasteiger partial charge in [0, 0.05) is 6.20 Å². The van der Waals surface area contributed by atoms with Crippen molar-refractivity contribution in [1.29, 1.82) is 0 Å². The monoisotopic (exact) mass is 392 g/mol. The Bertz CT molecular complexity index is 1200. The van der Waals surface area contributed by atoms with E-state index in [1.807, 2.05) is 38.1 Å². The van der Waals surface area contributed by atoms with Crippen LogP contribution in [0.5, 0.6) is 5.75 Å². The maximum atomic E-state index is 12.7. The predicted octanol–water partition coefficient (Wildman–Crippen LogP) is 4.65. The summed E-state index contributed by atoms with van der Waals surface area (Å²) in [6.07, 6.45) is 1.42. The minimum atomic E-state index is -0.455. The van der Waals surface area contributed by atoms with Crippen LogP contribution in [-0.4, -0.2) is 25.8 Å². The highest BCUT2D eigenvalue weighted by molar-refractivity contribution is 6.39. The van der Waals surface area contributed by atoms with Crippen LogP contribution in [0, 0.1) is 13.8 Å². The van der Waals surface area contributed by atoms with Gasteiger partial charge in [-0.05, 0) is 38.1 Å². The average molecular weight is 393 g/mol. The number of carbonyl (C=O) groups is 1. The van der Waals surface area contributed by atoms with Crippen molar-refractivity contribution in [3.63, 3.8) is 0 Å². The standard InChI is InChI=1S/C21H17ClN4O2/c1-12-7-9-14(10-8-12)26-20-18(13(2)25-26)19(22)15(11-23-20)21(28)24-16-5-3-4-6-17(16)27/h3-11,27H,1-2H3,(H,24,28). The zero-order valence-electron chi connectivity index (χ0n) is 15.3. The maximum Gasteiger partial charge on any atom is 0.258 e. The molecular weight excluding hydrogens is 376 g/mol. The lowest BCUT2D eigenvalue weighted by atomic mass is 10.2. The number of carbonyl (C=O) groups excluding carboxylic acids is 1. The molecule has 0 saturated heterocycles. The number of nitrogens with one attached hydrogen (secondary N) is 1. The molecule has 4 rings (SSSR count). The normalized spacial score (nSPS) is 11.0. The second kappa shape index (κ2) is 6.98. The molecule has 0 aliphatic rings. The lowest BCUT2D eigenvalue weighted by Gasteiger charge is -2.09. The smallest absolute Gasteiger partial charge is 0.258 e. The van der Waals surface area contributed by atoms with Crippen molar-refractivity contribution in [2.45, 2.75) is 13.8 Å². The zero-order chi connectivity index (χ0) is 19.8. The Morgan fingerprint density at radius 2 is 1.82 bits per heavy atom. The van der Waals surface area contributed by atoms with Crippen LogP contribution >= 0.6 is 11.6 Å². The fraction of sp³-hybridized carbons (Fsp3) is 0.0952. The van der Waals surface area contributed by atoms with E-state index in [9.17, 15) is 9.90 Å². The molecule has 28 heavy (non-hydrogen) atoms. The first-order valence-corrected chi connectivity index (χ1v) is 9.03. The summed E-state index contributed by atoms with van der Waals surface area (Å²) in [5.41, 5.74) is 3.76. The number of fused-ring (bicyclic) bond motifs is 1. The number of anilines is 1. The van der Waals surface area contributed by atoms with Crippen LogP contribution in [-0.2, 0) is 0 Å². The minimum Gasteiger partial charge on any atom is -0.506 e. The predicted molar refractivity (Wildman–Crippen MR) is 109 cm³/mol. The quantitative estimate of drug-likeness (QED) is 0.497. The van der Waals surface area contributed by atoms with Crippen molar-refractivity contribution < 1.29 is 9.90 Å². The van der Waals surface area contributed by atoms with E-state index in [1.54, 1.807) is 22.9 Å². The molecule has 1 amide bonds. The van der Waals surface area contributed by atoms with E-state index in [0.29, 0.717) is 22.4 Å². The molecule has 0 bridgehead atoms. The Balaban J connectivity index is 1.77. The summed E-state index contributed by atoms with van der Waals surface area (Å²) in [6.45, 7) is 3.84. The summed E-state index contributed by atoms with van der Waals surface area (Å²) in [4.78, 5) is 17.1. The Kier molecular flexibility index (Phi) is 4.49. The van der Waals surface area contributed by atoms with Crippen LogP contribution in [0.1, 0.15) is 21.6 Å². The molecule has 140 valence electrons. The van der Waals surface area contributed by atoms with Gasteiger partial charge in [-0.2, -0.15) is 5.10 Å². The van der Waals surface area contributed by atoms with Crippen molar-refractivity contribution in [2.75, 3.05) is 5.32 Å². The maximum absolute atomic E-state index is 12.7. The number of halogens is 1. The van der Waals surface area contributed by atoms with Crippen molar-refractivity contribution in [2.24, 2.45) is 0 Å². The van der Waals surface area contributed by atoms with Gasteiger partial charge in [-0.1, -0.05) is 41.4 Å². The summed E-state index contributed by atoms with van der Waals surface area (Å²) in [6, 6.07) is 14.4. The molecule has 0 saturated carbocycles. The molecular formula is C21H17ClN4O2. The number of hydrogen-bond donors (Lipinski definition) is 2. The van der Waals surface area contributed by atoms with E-state index in [4.69, 9.17) is 11.6 Å². The van der Waals surface area contributed by atoms with Gasteiger partial charge in [0.25, 0.3) is 5.91 Å². The number of amides is 1. The van der Waals surface area contributed by atoms with Crippen LogP contribution < -0.4 is 5.32 Å². The lowest BCUT2D eigenvalue weighted by molar-refractivity contribution is 0.102. The van der Waals surface area contributed by atoms with Gasteiger partial charge in [0.05, 0.1) is 33.0 Å². The SMILES string of the molecule is Cc1ccc(-n2nc(C)c3c(Cl)c(C(=O)Nc4ccccc4O)cnc32)cc1. The summed E-state index contributed by atoms with van der Waals surface area (Å²) in [5, 5.41) is 18.0. The van der Waals surface area contributed by atoms with E-state index in [0.717, 1.165) is 11.3 Å². The third-order valence-corrected chi connectivity index (χ3v) is 4.88. The summed E-state index contributed by atoms with van der Waals surface area (Å²) < 4.78 is 1.71. The van der Waals surface area contributed by atoms with Crippen LogP contribution in [0.2, 0.25) is 5.02 Å². The minimum absolute atomic E-state index is 0.0237. The second-order valence-corrected chi connectivity index (χ2v) is 6.87. The fourth-order valence-electron chi connectivity index (χ4n) is 3.00. The number of hydrogen-bond acceptors (Lipinski definition) is 4. The van der Waals surface area contributed by atoms with Gasteiger partial charge in [-0.15, -0.1) is 0 Å². The number of aryl methyl sites for hydroxylation is 2. The Labute approximate surface area is 166 Å². The van der Waals surface area contributed by atoms with Gasteiger partial charge in [-0.25, -0.2) is 9.67 Å². The Morgan fingerprint density at radius 1 is 1.11 bits per heavy atom. The number of aromatic nitrogens is 3. The van der Waals surface area contributed by atoms with Gasteiger partial charge in [-0.3, -0.25) is 4.79 Å². The lowest BCUT2D eigenvalue weighted by Crippen LogP contribution is -2.13. The fourth-order valence-corrected chi connectivity index (χ4v) is 3.36. The molecule has 0 atom stereocenters. The van der Waals surface area contributed by atoms with E-state index in [-0.39, 0.29) is 16.3 Å². The molecule has 0 spiro atoms. The first-order valence-electron chi connectivity index (χ1n) is 8.66. The molecule has 2 heterocycles. The molecule has 0 aliphatic carbocycles. The van der Waals surface area contributed by atoms with Crippen molar-refractivity contribution in [3.05, 3.63) is 76.6 Å². The molecule has 0 radical (unpaired) electrons. The summed E-state index contributed by atoms with van der Waals surface area (Å²) >= 11 is 6.56. The van der Waals surface area contributed by atoms with Crippen LogP contribution in [0.25, 0.3) is 16.7 Å². The van der Waals surface area contributed by atoms with E-state index >= 15 is 0 Å². The van der Waals surface area contributed by atoms with Gasteiger partial charge < -0.3 is 10.4 Å².